The van der Waals surface area contributed by atoms with E-state index < -0.39 is 29.2 Å². The number of hydrogen-bond acceptors (Lipinski definition) is 8. The third kappa shape index (κ3) is 4.48. The van der Waals surface area contributed by atoms with Gasteiger partial charge in [0, 0.05) is 16.3 Å². The molecule has 0 spiro atoms. The second kappa shape index (κ2) is 9.24. The minimum absolute atomic E-state index is 0.00954. The van der Waals surface area contributed by atoms with Gasteiger partial charge in [-0.25, -0.2) is 4.79 Å². The van der Waals surface area contributed by atoms with E-state index in [9.17, 15) is 27.6 Å². The smallest absolute Gasteiger partial charge is 0.416 e. The van der Waals surface area contributed by atoms with Crippen LogP contribution in [0.1, 0.15) is 33.3 Å². The van der Waals surface area contributed by atoms with Crippen LogP contribution in [0.15, 0.2) is 52.6 Å². The molecule has 0 unspecified atom stereocenters. The number of alkyl halides is 3. The fourth-order valence-corrected chi connectivity index (χ4v) is 4.60. The van der Waals surface area contributed by atoms with E-state index in [1.165, 1.54) is 17.5 Å². The Balaban J connectivity index is 1.60. The molecule has 0 saturated heterocycles. The monoisotopic (exact) mass is 531 g/mol. The number of carbonyl (C=O) groups excluding carboxylic acids is 2. The number of esters is 1. The Morgan fingerprint density at radius 1 is 1.14 bits per heavy atom. The van der Waals surface area contributed by atoms with Crippen LogP contribution in [0.25, 0.3) is 16.5 Å². The lowest BCUT2D eigenvalue weighted by Crippen LogP contribution is -2.25. The summed E-state index contributed by atoms with van der Waals surface area (Å²) in [6, 6.07) is 8.31. The van der Waals surface area contributed by atoms with E-state index in [-0.39, 0.29) is 46.1 Å². The maximum Gasteiger partial charge on any atom is 0.416 e. The van der Waals surface area contributed by atoms with Gasteiger partial charge in [0.15, 0.2) is 17.2 Å². The first-order chi connectivity index (χ1) is 17.7. The highest BCUT2D eigenvalue weighted by molar-refractivity contribution is 7.16. The average Bonchev–Trinajstić information content (AvgIpc) is 3.51. The van der Waals surface area contributed by atoms with Crippen LogP contribution in [-0.4, -0.2) is 35.1 Å². The molecule has 0 fully saturated rings. The number of carbonyl (C=O) groups is 2. The second-order valence-electron chi connectivity index (χ2n) is 7.71. The van der Waals surface area contributed by atoms with Crippen LogP contribution in [0.4, 0.5) is 18.2 Å². The summed E-state index contributed by atoms with van der Waals surface area (Å²) in [5.41, 5.74) is -1.66. The Hall–Kier alpha value is -4.39. The highest BCUT2D eigenvalue weighted by Gasteiger charge is 2.30. The Morgan fingerprint density at radius 2 is 1.86 bits per heavy atom. The van der Waals surface area contributed by atoms with Crippen molar-refractivity contribution in [2.24, 2.45) is 0 Å². The zero-order chi connectivity index (χ0) is 26.3. The highest BCUT2D eigenvalue weighted by Crippen LogP contribution is 2.35. The summed E-state index contributed by atoms with van der Waals surface area (Å²) in [6.07, 6.45) is -4.57. The first-order valence-corrected chi connectivity index (χ1v) is 11.7. The van der Waals surface area contributed by atoms with Crippen molar-refractivity contribution in [3.05, 3.63) is 75.0 Å². The van der Waals surface area contributed by atoms with Crippen LogP contribution in [0.2, 0.25) is 0 Å². The largest absolute Gasteiger partial charge is 0.461 e. The lowest BCUT2D eigenvalue weighted by molar-refractivity contribution is -0.137. The van der Waals surface area contributed by atoms with E-state index in [1.807, 2.05) is 0 Å². The van der Waals surface area contributed by atoms with Crippen molar-refractivity contribution in [2.45, 2.75) is 13.1 Å². The second-order valence-corrected chi connectivity index (χ2v) is 8.59. The number of ether oxygens (including phenoxy) is 3. The first-order valence-electron chi connectivity index (χ1n) is 10.8. The molecule has 1 N–H and O–H groups in total. The Kier molecular flexibility index (Phi) is 6.07. The standard InChI is InChI=1S/C24H16F3N3O6S/c1-2-34-23(33)19-15-10-37-21(28-20(31)12-3-8-16-17(9-12)36-11-35-16)18(15)22(32)30(29-19)14-6-4-13(5-7-14)24(25,26)27/h3-10H,2,11H2,1H3,(H,28,31). The molecule has 3 heterocycles. The summed E-state index contributed by atoms with van der Waals surface area (Å²) in [6.45, 7) is 1.65. The fourth-order valence-electron chi connectivity index (χ4n) is 3.67. The van der Waals surface area contributed by atoms with Crippen LogP contribution in [-0.2, 0) is 10.9 Å². The van der Waals surface area contributed by atoms with Crippen LogP contribution >= 0.6 is 11.3 Å². The number of rotatable bonds is 5. The maximum atomic E-state index is 13.4. The number of halogens is 3. The van der Waals surface area contributed by atoms with E-state index in [1.54, 1.807) is 13.0 Å². The van der Waals surface area contributed by atoms with Gasteiger partial charge in [-0.05, 0) is 49.4 Å². The van der Waals surface area contributed by atoms with E-state index in [2.05, 4.69) is 10.4 Å². The molecule has 1 amide bonds. The minimum atomic E-state index is -4.57. The lowest BCUT2D eigenvalue weighted by Gasteiger charge is -2.11. The molecule has 2 aromatic carbocycles. The van der Waals surface area contributed by atoms with Gasteiger partial charge in [-0.1, -0.05) is 0 Å². The van der Waals surface area contributed by atoms with E-state index in [0.29, 0.717) is 11.5 Å². The summed E-state index contributed by atoms with van der Waals surface area (Å²) in [7, 11) is 0. The van der Waals surface area contributed by atoms with E-state index in [4.69, 9.17) is 14.2 Å². The number of amides is 1. The van der Waals surface area contributed by atoms with Crippen molar-refractivity contribution in [3.8, 4) is 17.2 Å². The molecule has 2 aromatic heterocycles. The number of anilines is 1. The molecule has 0 atom stereocenters. The molecule has 1 aliphatic rings. The molecule has 4 aromatic rings. The van der Waals surface area contributed by atoms with Gasteiger partial charge in [-0.2, -0.15) is 23.0 Å². The summed E-state index contributed by atoms with van der Waals surface area (Å²) < 4.78 is 55.4. The average molecular weight is 531 g/mol. The molecule has 0 saturated carbocycles. The number of nitrogens with zero attached hydrogens (tertiary/aromatic N) is 2. The quantitative estimate of drug-likeness (QED) is 0.374. The molecule has 190 valence electrons. The van der Waals surface area contributed by atoms with Gasteiger partial charge in [0.05, 0.1) is 23.2 Å². The minimum Gasteiger partial charge on any atom is -0.461 e. The number of nitrogens with one attached hydrogen (secondary N) is 1. The molecule has 0 aliphatic carbocycles. The molecule has 37 heavy (non-hydrogen) atoms. The Morgan fingerprint density at radius 3 is 2.57 bits per heavy atom. The SMILES string of the molecule is CCOC(=O)c1nn(-c2ccc(C(F)(F)F)cc2)c(=O)c2c(NC(=O)c3ccc4c(c3)OCO4)scc12. The van der Waals surface area contributed by atoms with Gasteiger partial charge >= 0.3 is 12.1 Å². The van der Waals surface area contributed by atoms with Crippen molar-refractivity contribution in [1.82, 2.24) is 9.78 Å². The highest BCUT2D eigenvalue weighted by atomic mass is 32.1. The summed E-state index contributed by atoms with van der Waals surface area (Å²) in [5, 5.41) is 8.43. The molecular weight excluding hydrogens is 515 g/mol. The van der Waals surface area contributed by atoms with Gasteiger partial charge in [-0.3, -0.25) is 9.59 Å². The van der Waals surface area contributed by atoms with E-state index >= 15 is 0 Å². The molecule has 0 radical (unpaired) electrons. The number of hydrogen-bond donors (Lipinski definition) is 1. The first kappa shape index (κ1) is 24.3. The zero-order valence-corrected chi connectivity index (χ0v) is 19.7. The van der Waals surface area contributed by atoms with Crippen molar-refractivity contribution in [2.75, 3.05) is 18.7 Å². The van der Waals surface area contributed by atoms with Gasteiger partial charge in [-0.15, -0.1) is 11.3 Å². The molecule has 0 bridgehead atoms. The van der Waals surface area contributed by atoms with Crippen molar-refractivity contribution in [1.29, 1.82) is 0 Å². The molecule has 5 rings (SSSR count). The van der Waals surface area contributed by atoms with Crippen molar-refractivity contribution >= 4 is 39.0 Å². The van der Waals surface area contributed by atoms with Crippen molar-refractivity contribution < 1.29 is 37.0 Å². The number of aromatic nitrogens is 2. The van der Waals surface area contributed by atoms with Crippen LogP contribution in [0.3, 0.4) is 0 Å². The predicted molar refractivity (Wildman–Crippen MR) is 127 cm³/mol. The van der Waals surface area contributed by atoms with Crippen LogP contribution in [0.5, 0.6) is 11.5 Å². The topological polar surface area (TPSA) is 109 Å². The lowest BCUT2D eigenvalue weighted by atomic mass is 10.1. The summed E-state index contributed by atoms with van der Waals surface area (Å²) >= 11 is 0.987. The molecular formula is C24H16F3N3O6S. The van der Waals surface area contributed by atoms with Crippen molar-refractivity contribution in [3.63, 3.8) is 0 Å². The van der Waals surface area contributed by atoms with Gasteiger partial charge in [0.1, 0.15) is 5.00 Å². The maximum absolute atomic E-state index is 13.4. The Bertz CT molecular complexity index is 1590. The third-order valence-electron chi connectivity index (χ3n) is 5.42. The normalized spacial score (nSPS) is 12.5. The van der Waals surface area contributed by atoms with Gasteiger partial charge in [0.25, 0.3) is 11.5 Å². The van der Waals surface area contributed by atoms with Gasteiger partial charge in [0.2, 0.25) is 6.79 Å². The third-order valence-corrected chi connectivity index (χ3v) is 6.32. The van der Waals surface area contributed by atoms with Crippen LogP contribution < -0.4 is 20.3 Å². The number of benzene rings is 2. The Labute approximate surface area is 210 Å². The summed E-state index contributed by atoms with van der Waals surface area (Å²) in [4.78, 5) is 39.0. The zero-order valence-electron chi connectivity index (χ0n) is 18.9. The molecule has 1 aliphatic heterocycles. The number of fused-ring (bicyclic) bond motifs is 2. The molecule has 13 heteroatoms. The van der Waals surface area contributed by atoms with E-state index in [0.717, 1.165) is 40.3 Å². The molecule has 9 nitrogen and oxygen atoms in total. The van der Waals surface area contributed by atoms with Crippen LogP contribution in [0, 0.1) is 0 Å². The number of thiophene rings is 1. The summed E-state index contributed by atoms with van der Waals surface area (Å²) in [5.74, 6) is -0.513. The van der Waals surface area contributed by atoms with Gasteiger partial charge < -0.3 is 19.5 Å². The fraction of sp³-hybridized carbons (Fsp3) is 0.167. The predicted octanol–water partition coefficient (Wildman–Crippen LogP) is 4.62.